The van der Waals surface area contributed by atoms with Crippen LogP contribution in [-0.2, 0) is 9.53 Å². The fraction of sp³-hybridized carbons (Fsp3) is 0.200. The van der Waals surface area contributed by atoms with Crippen molar-refractivity contribution in [3.05, 3.63) is 65.5 Å². The third-order valence-electron chi connectivity index (χ3n) is 3.84. The number of carbonyl (C=O) groups is 2. The molecule has 1 heterocycles. The van der Waals surface area contributed by atoms with Crippen LogP contribution in [0.2, 0.25) is 0 Å². The number of rotatable bonds is 7. The van der Waals surface area contributed by atoms with E-state index in [0.717, 1.165) is 11.1 Å². The molecular weight excluding hydrogens is 362 g/mol. The van der Waals surface area contributed by atoms with Crippen molar-refractivity contribution in [2.75, 3.05) is 6.61 Å². The first-order valence-corrected chi connectivity index (χ1v) is 8.55. The number of carbonyl (C=O) groups excluding carboxylic acids is 2. The van der Waals surface area contributed by atoms with Crippen LogP contribution >= 0.6 is 0 Å². The van der Waals surface area contributed by atoms with Crippen molar-refractivity contribution >= 4 is 11.9 Å². The van der Waals surface area contributed by atoms with E-state index < -0.39 is 18.0 Å². The summed E-state index contributed by atoms with van der Waals surface area (Å²) < 4.78 is 16.1. The number of benzene rings is 2. The van der Waals surface area contributed by atoms with Gasteiger partial charge >= 0.3 is 5.97 Å². The summed E-state index contributed by atoms with van der Waals surface area (Å²) in [6.07, 6.45) is -0.718. The molecule has 0 aliphatic carbocycles. The first-order chi connectivity index (χ1) is 13.4. The highest BCUT2D eigenvalue weighted by molar-refractivity contribution is 5.89. The van der Waals surface area contributed by atoms with Crippen molar-refractivity contribution < 1.29 is 23.5 Å². The van der Waals surface area contributed by atoms with Gasteiger partial charge in [0, 0.05) is 5.56 Å². The summed E-state index contributed by atoms with van der Waals surface area (Å²) >= 11 is 0. The molecule has 0 bridgehead atoms. The average molecular weight is 381 g/mol. The minimum absolute atomic E-state index is 0.199. The van der Waals surface area contributed by atoms with Crippen molar-refractivity contribution in [2.45, 2.75) is 20.0 Å². The predicted octanol–water partition coefficient (Wildman–Crippen LogP) is 2.83. The largest absolute Gasteiger partial charge is 0.484 e. The molecule has 0 radical (unpaired) electrons. The van der Waals surface area contributed by atoms with E-state index >= 15 is 0 Å². The Bertz CT molecular complexity index is 964. The molecule has 1 atom stereocenters. The van der Waals surface area contributed by atoms with Gasteiger partial charge in [0.15, 0.2) is 12.7 Å². The summed E-state index contributed by atoms with van der Waals surface area (Å²) in [6.45, 7) is 3.40. The molecule has 0 fully saturated rings. The van der Waals surface area contributed by atoms with Crippen LogP contribution in [0.3, 0.4) is 0 Å². The van der Waals surface area contributed by atoms with Crippen LogP contribution in [0.4, 0.5) is 0 Å². The summed E-state index contributed by atoms with van der Waals surface area (Å²) in [5.41, 5.74) is 7.24. The Balaban J connectivity index is 1.62. The summed E-state index contributed by atoms with van der Waals surface area (Å²) in [5, 5.41) is 7.96. The lowest BCUT2D eigenvalue weighted by Crippen LogP contribution is -2.20. The van der Waals surface area contributed by atoms with Crippen LogP contribution < -0.4 is 10.5 Å². The Morgan fingerprint density at radius 1 is 1.07 bits per heavy atom. The SMILES string of the molecule is Cc1ccc(-c2nnc([C@@H](C)OC(=O)c3ccc(OCC(N)=O)cc3)o2)cc1. The first-order valence-electron chi connectivity index (χ1n) is 8.55. The van der Waals surface area contributed by atoms with Crippen LogP contribution in [0.5, 0.6) is 5.75 Å². The van der Waals surface area contributed by atoms with Gasteiger partial charge < -0.3 is 19.6 Å². The lowest BCUT2D eigenvalue weighted by molar-refractivity contribution is -0.119. The second-order valence-electron chi connectivity index (χ2n) is 6.14. The smallest absolute Gasteiger partial charge is 0.338 e. The molecule has 1 aromatic heterocycles. The summed E-state index contributed by atoms with van der Waals surface area (Å²) in [5.74, 6) is -0.159. The number of hydrogen-bond donors (Lipinski definition) is 1. The molecule has 1 amide bonds. The predicted molar refractivity (Wildman–Crippen MR) is 99.4 cm³/mol. The molecule has 144 valence electrons. The highest BCUT2D eigenvalue weighted by atomic mass is 16.6. The molecule has 8 heteroatoms. The van der Waals surface area contributed by atoms with Crippen LogP contribution in [0, 0.1) is 6.92 Å². The van der Waals surface area contributed by atoms with E-state index in [1.165, 1.54) is 12.1 Å². The topological polar surface area (TPSA) is 118 Å². The molecule has 0 spiro atoms. The van der Waals surface area contributed by atoms with Crippen molar-refractivity contribution in [1.82, 2.24) is 10.2 Å². The van der Waals surface area contributed by atoms with Crippen LogP contribution in [0.1, 0.15) is 34.8 Å². The standard InChI is InChI=1S/C20H19N3O5/c1-12-3-5-14(6-4-12)19-23-22-18(28-19)13(2)27-20(25)15-7-9-16(10-8-15)26-11-17(21)24/h3-10,13H,11H2,1-2H3,(H2,21,24)/t13-/m1/s1. The van der Waals surface area contributed by atoms with Gasteiger partial charge in [0.2, 0.25) is 5.89 Å². The minimum atomic E-state index is -0.718. The fourth-order valence-corrected chi connectivity index (χ4v) is 2.33. The van der Waals surface area contributed by atoms with Gasteiger partial charge in [-0.3, -0.25) is 4.79 Å². The number of amides is 1. The Labute approximate surface area is 161 Å². The zero-order valence-electron chi connectivity index (χ0n) is 15.4. The maximum absolute atomic E-state index is 12.3. The van der Waals surface area contributed by atoms with Gasteiger partial charge in [-0.05, 0) is 50.2 Å². The summed E-state index contributed by atoms with van der Waals surface area (Å²) in [7, 11) is 0. The molecule has 28 heavy (non-hydrogen) atoms. The molecule has 0 aliphatic rings. The van der Waals surface area contributed by atoms with Gasteiger partial charge in [-0.15, -0.1) is 10.2 Å². The molecule has 3 rings (SSSR count). The van der Waals surface area contributed by atoms with Crippen molar-refractivity contribution in [3.8, 4) is 17.2 Å². The van der Waals surface area contributed by atoms with Gasteiger partial charge in [0.25, 0.3) is 11.8 Å². The summed E-state index contributed by atoms with van der Waals surface area (Å²) in [6, 6.07) is 13.8. The number of nitrogens with two attached hydrogens (primary N) is 1. The lowest BCUT2D eigenvalue weighted by atomic mass is 10.1. The summed E-state index contributed by atoms with van der Waals surface area (Å²) in [4.78, 5) is 23.0. The normalized spacial score (nSPS) is 11.6. The van der Waals surface area contributed by atoms with E-state index in [9.17, 15) is 9.59 Å². The highest BCUT2D eigenvalue weighted by Crippen LogP contribution is 2.23. The Morgan fingerprint density at radius 2 is 1.75 bits per heavy atom. The third-order valence-corrected chi connectivity index (χ3v) is 3.84. The molecular formula is C20H19N3O5. The van der Waals surface area contributed by atoms with E-state index in [-0.39, 0.29) is 12.5 Å². The van der Waals surface area contributed by atoms with Gasteiger partial charge in [0.1, 0.15) is 5.75 Å². The van der Waals surface area contributed by atoms with Crippen LogP contribution in [-0.4, -0.2) is 28.7 Å². The Hall–Kier alpha value is -3.68. The number of hydrogen-bond acceptors (Lipinski definition) is 7. The minimum Gasteiger partial charge on any atom is -0.484 e. The molecule has 8 nitrogen and oxygen atoms in total. The Morgan fingerprint density at radius 3 is 2.39 bits per heavy atom. The number of ether oxygens (including phenoxy) is 2. The monoisotopic (exact) mass is 381 g/mol. The van der Waals surface area contributed by atoms with Gasteiger partial charge in [-0.1, -0.05) is 17.7 Å². The first kappa shape index (κ1) is 19.1. The number of esters is 1. The van der Waals surface area contributed by atoms with E-state index in [4.69, 9.17) is 19.6 Å². The second kappa shape index (κ2) is 8.34. The molecule has 3 aromatic rings. The van der Waals surface area contributed by atoms with Gasteiger partial charge in [-0.25, -0.2) is 4.79 Å². The van der Waals surface area contributed by atoms with Crippen LogP contribution in [0.25, 0.3) is 11.5 Å². The molecule has 2 N–H and O–H groups in total. The van der Waals surface area contributed by atoms with Crippen molar-refractivity contribution in [2.24, 2.45) is 5.73 Å². The van der Waals surface area contributed by atoms with Gasteiger partial charge in [-0.2, -0.15) is 0 Å². The maximum Gasteiger partial charge on any atom is 0.338 e. The number of aryl methyl sites for hydroxylation is 1. The molecule has 0 unspecified atom stereocenters. The lowest BCUT2D eigenvalue weighted by Gasteiger charge is -2.10. The Kier molecular flexibility index (Phi) is 5.69. The van der Waals surface area contributed by atoms with E-state index in [1.54, 1.807) is 19.1 Å². The van der Waals surface area contributed by atoms with Crippen LogP contribution in [0.15, 0.2) is 52.9 Å². The number of aromatic nitrogens is 2. The maximum atomic E-state index is 12.3. The quantitative estimate of drug-likeness (QED) is 0.625. The third kappa shape index (κ3) is 4.73. The zero-order chi connectivity index (χ0) is 20.1. The second-order valence-corrected chi connectivity index (χ2v) is 6.14. The molecule has 0 aliphatic heterocycles. The molecule has 0 saturated carbocycles. The number of primary amides is 1. The average Bonchev–Trinajstić information content (AvgIpc) is 3.17. The van der Waals surface area contributed by atoms with Gasteiger partial charge in [0.05, 0.1) is 5.56 Å². The van der Waals surface area contributed by atoms with E-state index in [2.05, 4.69) is 10.2 Å². The number of nitrogens with zero attached hydrogens (tertiary/aromatic N) is 2. The molecule has 0 saturated heterocycles. The zero-order valence-corrected chi connectivity index (χ0v) is 15.4. The van der Waals surface area contributed by atoms with Crippen molar-refractivity contribution in [3.63, 3.8) is 0 Å². The molecule has 2 aromatic carbocycles. The van der Waals surface area contributed by atoms with E-state index in [0.29, 0.717) is 17.2 Å². The highest BCUT2D eigenvalue weighted by Gasteiger charge is 2.20. The van der Waals surface area contributed by atoms with Crippen molar-refractivity contribution in [1.29, 1.82) is 0 Å². The fourth-order valence-electron chi connectivity index (χ4n) is 2.33. The van der Waals surface area contributed by atoms with E-state index in [1.807, 2.05) is 31.2 Å².